The molecule has 0 heterocycles. The molecular weight excluding hydrogens is 231 g/mol. The molecular formula is C15H13FO2. The lowest BCUT2D eigenvalue weighted by Crippen LogP contribution is -2.11. The van der Waals surface area contributed by atoms with Crippen LogP contribution in [-0.2, 0) is 0 Å². The lowest BCUT2D eigenvalue weighted by molar-refractivity contribution is 0.0921. The summed E-state index contributed by atoms with van der Waals surface area (Å²) < 4.78 is 18.0. The second-order valence-electron chi connectivity index (χ2n) is 4.04. The molecule has 0 atom stereocenters. The van der Waals surface area contributed by atoms with Gasteiger partial charge in [-0.15, -0.1) is 0 Å². The highest BCUT2D eigenvalue weighted by Gasteiger charge is 2.06. The smallest absolute Gasteiger partial charge is 0.200 e. The minimum Gasteiger partial charge on any atom is -0.485 e. The first kappa shape index (κ1) is 12.3. The van der Waals surface area contributed by atoms with Gasteiger partial charge in [-0.2, -0.15) is 0 Å². The highest BCUT2D eigenvalue weighted by atomic mass is 19.1. The molecule has 0 saturated carbocycles. The van der Waals surface area contributed by atoms with Crippen LogP contribution in [0, 0.1) is 12.7 Å². The van der Waals surface area contributed by atoms with E-state index in [2.05, 4.69) is 0 Å². The third kappa shape index (κ3) is 3.17. The number of ether oxygens (including phenoxy) is 1. The first-order valence-electron chi connectivity index (χ1n) is 5.63. The highest BCUT2D eigenvalue weighted by molar-refractivity contribution is 5.97. The molecule has 0 aliphatic carbocycles. The predicted octanol–water partition coefficient (Wildman–Crippen LogP) is 3.40. The normalized spacial score (nSPS) is 10.1. The van der Waals surface area contributed by atoms with Crippen LogP contribution in [0.4, 0.5) is 4.39 Å². The number of carbonyl (C=O) groups excluding carboxylic acids is 1. The molecule has 2 nitrogen and oxygen atoms in total. The highest BCUT2D eigenvalue weighted by Crippen LogP contribution is 2.12. The molecule has 0 aromatic heterocycles. The van der Waals surface area contributed by atoms with Gasteiger partial charge in [-0.05, 0) is 37.3 Å². The summed E-state index contributed by atoms with van der Waals surface area (Å²) in [5.74, 6) is 0.0628. The van der Waals surface area contributed by atoms with Gasteiger partial charge in [-0.3, -0.25) is 4.79 Å². The van der Waals surface area contributed by atoms with Gasteiger partial charge >= 0.3 is 0 Å². The topological polar surface area (TPSA) is 26.3 Å². The summed E-state index contributed by atoms with van der Waals surface area (Å²) >= 11 is 0. The van der Waals surface area contributed by atoms with Gasteiger partial charge in [-0.25, -0.2) is 4.39 Å². The molecule has 0 aliphatic rings. The summed E-state index contributed by atoms with van der Waals surface area (Å²) in [4.78, 5) is 11.8. The van der Waals surface area contributed by atoms with E-state index in [-0.39, 0.29) is 18.2 Å². The third-order valence-corrected chi connectivity index (χ3v) is 2.52. The fourth-order valence-electron chi connectivity index (χ4n) is 1.58. The Labute approximate surface area is 105 Å². The Hall–Kier alpha value is -2.16. The van der Waals surface area contributed by atoms with Crippen LogP contribution in [0.3, 0.4) is 0 Å². The van der Waals surface area contributed by atoms with E-state index in [4.69, 9.17) is 4.74 Å². The molecule has 3 heteroatoms. The maximum atomic E-state index is 12.7. The van der Waals surface area contributed by atoms with E-state index < -0.39 is 0 Å². The van der Waals surface area contributed by atoms with Crippen LogP contribution in [0.5, 0.6) is 5.75 Å². The second kappa shape index (κ2) is 5.45. The number of hydrogen-bond donors (Lipinski definition) is 0. The quantitative estimate of drug-likeness (QED) is 0.770. The van der Waals surface area contributed by atoms with Crippen molar-refractivity contribution >= 4 is 5.78 Å². The van der Waals surface area contributed by atoms with E-state index in [0.717, 1.165) is 5.56 Å². The van der Waals surface area contributed by atoms with Crippen LogP contribution in [0.15, 0.2) is 48.5 Å². The molecule has 0 spiro atoms. The Balaban J connectivity index is 1.98. The number of carbonyl (C=O) groups is 1. The maximum Gasteiger partial charge on any atom is 0.200 e. The van der Waals surface area contributed by atoms with Crippen LogP contribution in [0.25, 0.3) is 0 Å². The minimum absolute atomic E-state index is 0.0465. The summed E-state index contributed by atoms with van der Waals surface area (Å²) in [6, 6.07) is 12.9. The number of hydrogen-bond acceptors (Lipinski definition) is 2. The Kier molecular flexibility index (Phi) is 3.72. The molecule has 0 amide bonds. The Morgan fingerprint density at radius 2 is 1.89 bits per heavy atom. The van der Waals surface area contributed by atoms with Gasteiger partial charge in [0.1, 0.15) is 11.6 Å². The van der Waals surface area contributed by atoms with Gasteiger partial charge in [0.2, 0.25) is 0 Å². The van der Waals surface area contributed by atoms with Gasteiger partial charge in [-0.1, -0.05) is 23.8 Å². The molecule has 0 fully saturated rings. The standard InChI is InChI=1S/C15H13FO2/c1-11-3-2-4-12(9-11)15(17)10-18-14-7-5-13(16)6-8-14/h2-9H,10H2,1H3. The van der Waals surface area contributed by atoms with Crippen molar-refractivity contribution in [1.82, 2.24) is 0 Å². The second-order valence-corrected chi connectivity index (χ2v) is 4.04. The summed E-state index contributed by atoms with van der Waals surface area (Å²) in [7, 11) is 0. The SMILES string of the molecule is Cc1cccc(C(=O)COc2ccc(F)cc2)c1. The van der Waals surface area contributed by atoms with E-state index in [0.29, 0.717) is 11.3 Å². The molecule has 0 N–H and O–H groups in total. The molecule has 0 saturated heterocycles. The molecule has 0 bridgehead atoms. The maximum absolute atomic E-state index is 12.7. The summed E-state index contributed by atoms with van der Waals surface area (Å²) in [6.45, 7) is 1.88. The van der Waals surface area contributed by atoms with Crippen LogP contribution in [0.2, 0.25) is 0 Å². The monoisotopic (exact) mass is 244 g/mol. The number of ketones is 1. The Morgan fingerprint density at radius 3 is 2.56 bits per heavy atom. The molecule has 2 rings (SSSR count). The summed E-state index contributed by atoms with van der Waals surface area (Å²) in [5.41, 5.74) is 1.65. The third-order valence-electron chi connectivity index (χ3n) is 2.52. The molecule has 92 valence electrons. The van der Waals surface area contributed by atoms with Gasteiger partial charge in [0.15, 0.2) is 12.4 Å². The Morgan fingerprint density at radius 1 is 1.17 bits per heavy atom. The molecule has 0 radical (unpaired) electrons. The lowest BCUT2D eigenvalue weighted by Gasteiger charge is -2.05. The zero-order chi connectivity index (χ0) is 13.0. The predicted molar refractivity (Wildman–Crippen MR) is 67.4 cm³/mol. The number of Topliss-reactive ketones (excluding diaryl/α,β-unsaturated/α-hetero) is 1. The van der Waals surface area contributed by atoms with E-state index >= 15 is 0 Å². The lowest BCUT2D eigenvalue weighted by atomic mass is 10.1. The zero-order valence-corrected chi connectivity index (χ0v) is 10.0. The average Bonchev–Trinajstić information content (AvgIpc) is 2.38. The van der Waals surface area contributed by atoms with Crippen LogP contribution in [0.1, 0.15) is 15.9 Å². The van der Waals surface area contributed by atoms with Gasteiger partial charge < -0.3 is 4.74 Å². The minimum atomic E-state index is -0.327. The first-order valence-corrected chi connectivity index (χ1v) is 5.63. The molecule has 18 heavy (non-hydrogen) atoms. The van der Waals surface area contributed by atoms with Crippen molar-refractivity contribution in [3.63, 3.8) is 0 Å². The van der Waals surface area contributed by atoms with E-state index in [1.165, 1.54) is 24.3 Å². The largest absolute Gasteiger partial charge is 0.485 e. The fraction of sp³-hybridized carbons (Fsp3) is 0.133. The van der Waals surface area contributed by atoms with Crippen molar-refractivity contribution in [2.45, 2.75) is 6.92 Å². The van der Waals surface area contributed by atoms with E-state index in [1.807, 2.05) is 25.1 Å². The zero-order valence-electron chi connectivity index (χ0n) is 10.0. The summed E-state index contributed by atoms with van der Waals surface area (Å²) in [5, 5.41) is 0. The van der Waals surface area contributed by atoms with Crippen molar-refractivity contribution in [3.05, 3.63) is 65.5 Å². The average molecular weight is 244 g/mol. The van der Waals surface area contributed by atoms with Gasteiger partial charge in [0, 0.05) is 5.56 Å². The van der Waals surface area contributed by atoms with Crippen molar-refractivity contribution < 1.29 is 13.9 Å². The van der Waals surface area contributed by atoms with Crippen molar-refractivity contribution in [3.8, 4) is 5.75 Å². The Bertz CT molecular complexity index is 547. The van der Waals surface area contributed by atoms with Crippen LogP contribution in [-0.4, -0.2) is 12.4 Å². The van der Waals surface area contributed by atoms with Crippen LogP contribution >= 0.6 is 0 Å². The first-order chi connectivity index (χ1) is 8.65. The number of benzene rings is 2. The van der Waals surface area contributed by atoms with Crippen LogP contribution < -0.4 is 4.74 Å². The van der Waals surface area contributed by atoms with E-state index in [1.54, 1.807) is 6.07 Å². The number of aryl methyl sites for hydroxylation is 1. The summed E-state index contributed by atoms with van der Waals surface area (Å²) in [6.07, 6.45) is 0. The van der Waals surface area contributed by atoms with E-state index in [9.17, 15) is 9.18 Å². The number of halogens is 1. The number of rotatable bonds is 4. The van der Waals surface area contributed by atoms with Crippen molar-refractivity contribution in [2.75, 3.05) is 6.61 Å². The molecule has 0 unspecified atom stereocenters. The van der Waals surface area contributed by atoms with Gasteiger partial charge in [0.25, 0.3) is 0 Å². The van der Waals surface area contributed by atoms with Gasteiger partial charge in [0.05, 0.1) is 0 Å². The molecule has 0 aliphatic heterocycles. The molecule has 2 aromatic carbocycles. The van der Waals surface area contributed by atoms with Crippen molar-refractivity contribution in [2.24, 2.45) is 0 Å². The fourth-order valence-corrected chi connectivity index (χ4v) is 1.58. The molecule has 2 aromatic rings. The van der Waals surface area contributed by atoms with Crippen molar-refractivity contribution in [1.29, 1.82) is 0 Å².